The molecule has 0 saturated carbocycles. The van der Waals surface area contributed by atoms with Crippen LogP contribution in [0.25, 0.3) is 22.2 Å². The topological polar surface area (TPSA) is 65.2 Å². The van der Waals surface area contributed by atoms with E-state index in [-0.39, 0.29) is 29.8 Å². The van der Waals surface area contributed by atoms with Gasteiger partial charge in [0.25, 0.3) is 5.91 Å². The summed E-state index contributed by atoms with van der Waals surface area (Å²) in [5.74, 6) is -1.38. The number of anilines is 1. The van der Waals surface area contributed by atoms with Gasteiger partial charge in [0, 0.05) is 40.9 Å². The van der Waals surface area contributed by atoms with E-state index in [9.17, 15) is 14.0 Å². The predicted molar refractivity (Wildman–Crippen MR) is 127 cm³/mol. The molecule has 5 nitrogen and oxygen atoms in total. The van der Waals surface area contributed by atoms with Crippen molar-refractivity contribution in [3.8, 4) is 11.3 Å². The summed E-state index contributed by atoms with van der Waals surface area (Å²) in [6.45, 7) is 0.799. The molecule has 0 bridgehead atoms. The van der Waals surface area contributed by atoms with Crippen molar-refractivity contribution in [2.24, 2.45) is 5.92 Å². The molecule has 166 valence electrons. The molecular formula is C27H24FN3O2. The van der Waals surface area contributed by atoms with Gasteiger partial charge in [-0.1, -0.05) is 42.5 Å². The number of fused-ring (bicyclic) bond motifs is 1. The molecule has 1 aliphatic heterocycles. The van der Waals surface area contributed by atoms with Gasteiger partial charge >= 0.3 is 0 Å². The molecule has 2 N–H and O–H groups in total. The maximum Gasteiger partial charge on any atom is 0.256 e. The van der Waals surface area contributed by atoms with E-state index in [1.165, 1.54) is 12.1 Å². The van der Waals surface area contributed by atoms with Crippen molar-refractivity contribution >= 4 is 28.4 Å². The summed E-state index contributed by atoms with van der Waals surface area (Å²) in [7, 11) is 0. The van der Waals surface area contributed by atoms with E-state index in [0.29, 0.717) is 25.1 Å². The standard InChI is InChI=1S/C27H24FN3O2/c28-23-12-3-2-11-22(23)27(33)31-14-6-9-20(17-31)26(32)29-21-10-5-8-18(15-21)25-16-19-7-1-4-13-24(19)30-25/h1-5,7-8,10-13,15-16,20,30H,6,9,14,17H2,(H,29,32)/t20-/m1/s1. The molecule has 1 aromatic heterocycles. The number of amides is 2. The SMILES string of the molecule is O=C(Nc1cccc(-c2cc3ccccc3[nH]2)c1)[C@@H]1CCCN(C(=O)c2ccccc2F)C1. The third-order valence-electron chi connectivity index (χ3n) is 6.15. The van der Waals surface area contributed by atoms with Crippen molar-refractivity contribution in [1.29, 1.82) is 0 Å². The Labute approximate surface area is 191 Å². The van der Waals surface area contributed by atoms with E-state index in [1.807, 2.05) is 42.5 Å². The number of hydrogen-bond acceptors (Lipinski definition) is 2. The minimum Gasteiger partial charge on any atom is -0.355 e. The highest BCUT2D eigenvalue weighted by Gasteiger charge is 2.30. The summed E-state index contributed by atoms with van der Waals surface area (Å²) >= 11 is 0. The number of aromatic amines is 1. The van der Waals surface area contributed by atoms with Crippen molar-refractivity contribution in [3.05, 3.63) is 90.2 Å². The molecule has 2 heterocycles. The fourth-order valence-corrected chi connectivity index (χ4v) is 4.42. The van der Waals surface area contributed by atoms with Crippen molar-refractivity contribution in [3.63, 3.8) is 0 Å². The van der Waals surface area contributed by atoms with Crippen LogP contribution in [-0.2, 0) is 4.79 Å². The van der Waals surface area contributed by atoms with Crippen molar-refractivity contribution in [2.75, 3.05) is 18.4 Å². The lowest BCUT2D eigenvalue weighted by Crippen LogP contribution is -2.44. The monoisotopic (exact) mass is 441 g/mol. The van der Waals surface area contributed by atoms with Gasteiger partial charge < -0.3 is 15.2 Å². The van der Waals surface area contributed by atoms with E-state index in [0.717, 1.165) is 22.2 Å². The number of H-pyrrole nitrogens is 1. The zero-order valence-corrected chi connectivity index (χ0v) is 18.1. The van der Waals surface area contributed by atoms with Crippen LogP contribution in [0, 0.1) is 11.7 Å². The Hall–Kier alpha value is -3.93. The van der Waals surface area contributed by atoms with E-state index < -0.39 is 5.82 Å². The molecule has 4 aromatic rings. The first-order valence-corrected chi connectivity index (χ1v) is 11.1. The summed E-state index contributed by atoms with van der Waals surface area (Å²) in [4.78, 5) is 30.8. The lowest BCUT2D eigenvalue weighted by molar-refractivity contribution is -0.121. The van der Waals surface area contributed by atoms with E-state index in [2.05, 4.69) is 22.4 Å². The average Bonchev–Trinajstić information content (AvgIpc) is 3.29. The summed E-state index contributed by atoms with van der Waals surface area (Å²) in [6, 6.07) is 23.8. The highest BCUT2D eigenvalue weighted by atomic mass is 19.1. The Morgan fingerprint density at radius 3 is 2.64 bits per heavy atom. The number of likely N-dealkylation sites (tertiary alicyclic amines) is 1. The number of rotatable bonds is 4. The number of carbonyl (C=O) groups excluding carboxylic acids is 2. The van der Waals surface area contributed by atoms with Gasteiger partial charge in [0.05, 0.1) is 11.5 Å². The van der Waals surface area contributed by atoms with Crippen molar-refractivity contribution in [2.45, 2.75) is 12.8 Å². The second-order valence-corrected chi connectivity index (χ2v) is 8.41. The average molecular weight is 442 g/mol. The number of nitrogens with zero attached hydrogens (tertiary/aromatic N) is 1. The third-order valence-corrected chi connectivity index (χ3v) is 6.15. The van der Waals surface area contributed by atoms with Crippen LogP contribution in [0.4, 0.5) is 10.1 Å². The second kappa shape index (κ2) is 8.90. The molecule has 1 atom stereocenters. The summed E-state index contributed by atoms with van der Waals surface area (Å²) in [5.41, 5.74) is 3.76. The van der Waals surface area contributed by atoms with Crippen LogP contribution >= 0.6 is 0 Å². The maximum absolute atomic E-state index is 14.1. The Kier molecular flexibility index (Phi) is 5.65. The zero-order chi connectivity index (χ0) is 22.8. The highest BCUT2D eigenvalue weighted by Crippen LogP contribution is 2.27. The van der Waals surface area contributed by atoms with Gasteiger partial charge in [-0.2, -0.15) is 0 Å². The first-order valence-electron chi connectivity index (χ1n) is 11.1. The smallest absolute Gasteiger partial charge is 0.256 e. The quantitative estimate of drug-likeness (QED) is 0.441. The molecule has 1 fully saturated rings. The van der Waals surface area contributed by atoms with Crippen molar-refractivity contribution in [1.82, 2.24) is 9.88 Å². The molecule has 6 heteroatoms. The zero-order valence-electron chi connectivity index (χ0n) is 18.1. The highest BCUT2D eigenvalue weighted by molar-refractivity contribution is 5.97. The molecule has 0 unspecified atom stereocenters. The molecule has 0 radical (unpaired) electrons. The van der Waals surface area contributed by atoms with Gasteiger partial charge in [0.15, 0.2) is 0 Å². The summed E-state index contributed by atoms with van der Waals surface area (Å²) < 4.78 is 14.1. The molecule has 0 aliphatic carbocycles. The Bertz CT molecular complexity index is 1300. The van der Waals surface area contributed by atoms with Crippen LogP contribution < -0.4 is 5.32 Å². The predicted octanol–water partition coefficient (Wildman–Crippen LogP) is 5.46. The number of aromatic nitrogens is 1. The van der Waals surface area contributed by atoms with Crippen LogP contribution in [-0.4, -0.2) is 34.8 Å². The van der Waals surface area contributed by atoms with Crippen LogP contribution in [0.3, 0.4) is 0 Å². The molecular weight excluding hydrogens is 417 g/mol. The molecule has 1 aliphatic rings. The molecule has 5 rings (SSSR count). The van der Waals surface area contributed by atoms with Crippen LogP contribution in [0.15, 0.2) is 78.9 Å². The Morgan fingerprint density at radius 2 is 1.79 bits per heavy atom. The summed E-state index contributed by atoms with van der Waals surface area (Å²) in [5, 5.41) is 4.13. The van der Waals surface area contributed by atoms with Gasteiger partial charge in [-0.25, -0.2) is 4.39 Å². The van der Waals surface area contributed by atoms with Gasteiger partial charge in [0.1, 0.15) is 5.82 Å². The number of hydrogen-bond donors (Lipinski definition) is 2. The number of benzene rings is 3. The Morgan fingerprint density at radius 1 is 0.970 bits per heavy atom. The minimum absolute atomic E-state index is 0.0459. The number of nitrogens with one attached hydrogen (secondary N) is 2. The lowest BCUT2D eigenvalue weighted by Gasteiger charge is -2.32. The van der Waals surface area contributed by atoms with E-state index in [1.54, 1.807) is 17.0 Å². The van der Waals surface area contributed by atoms with E-state index >= 15 is 0 Å². The first kappa shape index (κ1) is 20.9. The number of para-hydroxylation sites is 1. The van der Waals surface area contributed by atoms with E-state index in [4.69, 9.17) is 0 Å². The molecule has 0 spiro atoms. The first-order chi connectivity index (χ1) is 16.1. The molecule has 33 heavy (non-hydrogen) atoms. The fraction of sp³-hybridized carbons (Fsp3) is 0.185. The van der Waals surface area contributed by atoms with Gasteiger partial charge in [0.2, 0.25) is 5.91 Å². The van der Waals surface area contributed by atoms with Gasteiger partial charge in [-0.15, -0.1) is 0 Å². The van der Waals surface area contributed by atoms with Crippen LogP contribution in [0.1, 0.15) is 23.2 Å². The molecule has 3 aromatic carbocycles. The van der Waals surface area contributed by atoms with Gasteiger partial charge in [-0.3, -0.25) is 9.59 Å². The van der Waals surface area contributed by atoms with Crippen LogP contribution in [0.2, 0.25) is 0 Å². The minimum atomic E-state index is -0.539. The molecule has 1 saturated heterocycles. The van der Waals surface area contributed by atoms with Gasteiger partial charge in [-0.05, 0) is 49.2 Å². The fourth-order valence-electron chi connectivity index (χ4n) is 4.42. The largest absolute Gasteiger partial charge is 0.355 e. The van der Waals surface area contributed by atoms with Crippen molar-refractivity contribution < 1.29 is 14.0 Å². The lowest BCUT2D eigenvalue weighted by atomic mass is 9.96. The van der Waals surface area contributed by atoms with Crippen LogP contribution in [0.5, 0.6) is 0 Å². The normalized spacial score (nSPS) is 16.0. The third kappa shape index (κ3) is 4.37. The second-order valence-electron chi connectivity index (χ2n) is 8.41. The molecule has 2 amide bonds. The number of halogens is 1. The number of piperidine rings is 1. The maximum atomic E-state index is 14.1. The summed E-state index contributed by atoms with van der Waals surface area (Å²) in [6.07, 6.45) is 1.39. The number of carbonyl (C=O) groups is 2. The Balaban J connectivity index is 1.29.